The highest BCUT2D eigenvalue weighted by Gasteiger charge is 2.24. The van der Waals surface area contributed by atoms with Crippen LogP contribution in [0.5, 0.6) is 0 Å². The van der Waals surface area contributed by atoms with Gasteiger partial charge < -0.3 is 5.32 Å². The van der Waals surface area contributed by atoms with Crippen LogP contribution >= 0.6 is 0 Å². The molecule has 1 aromatic rings. The van der Waals surface area contributed by atoms with Gasteiger partial charge in [-0.2, -0.15) is 0 Å². The minimum Gasteiger partial charge on any atom is -0.311 e. The number of piperazine rings is 1. The van der Waals surface area contributed by atoms with E-state index in [0.29, 0.717) is 18.0 Å². The summed E-state index contributed by atoms with van der Waals surface area (Å²) in [7, 11) is 0. The average molecular weight is 260 g/mol. The van der Waals surface area contributed by atoms with Gasteiger partial charge in [0.15, 0.2) is 0 Å². The zero-order chi connectivity index (χ0) is 13.8. The van der Waals surface area contributed by atoms with E-state index >= 15 is 0 Å². The standard InChI is InChI=1S/C17H28N2/c1-5-17-10-18-14(4)11-19(17)12-15-6-8-16(9-7-15)13(2)3/h6-9,13-14,17-18H,5,10-12H2,1-4H3. The van der Waals surface area contributed by atoms with Crippen LogP contribution in [0.4, 0.5) is 0 Å². The Kier molecular flexibility index (Phi) is 5.00. The van der Waals surface area contributed by atoms with Crippen molar-refractivity contribution in [1.29, 1.82) is 0 Å². The SMILES string of the molecule is CCC1CNC(C)CN1Cc1ccc(C(C)C)cc1. The fraction of sp³-hybridized carbons (Fsp3) is 0.647. The summed E-state index contributed by atoms with van der Waals surface area (Å²) in [4.78, 5) is 2.63. The van der Waals surface area contributed by atoms with Crippen LogP contribution in [-0.4, -0.2) is 30.1 Å². The molecule has 1 heterocycles. The normalized spacial score (nSPS) is 24.9. The first-order chi connectivity index (χ1) is 9.10. The molecule has 1 aliphatic rings. The molecule has 1 fully saturated rings. The highest BCUT2D eigenvalue weighted by atomic mass is 15.2. The first-order valence-corrected chi connectivity index (χ1v) is 7.66. The second-order valence-corrected chi connectivity index (χ2v) is 6.20. The third kappa shape index (κ3) is 3.80. The predicted molar refractivity (Wildman–Crippen MR) is 82.5 cm³/mol. The molecule has 0 aliphatic carbocycles. The highest BCUT2D eigenvalue weighted by molar-refractivity contribution is 5.24. The van der Waals surface area contributed by atoms with Gasteiger partial charge >= 0.3 is 0 Å². The van der Waals surface area contributed by atoms with E-state index < -0.39 is 0 Å². The van der Waals surface area contributed by atoms with E-state index in [-0.39, 0.29) is 0 Å². The first-order valence-electron chi connectivity index (χ1n) is 7.66. The van der Waals surface area contributed by atoms with Crippen molar-refractivity contribution in [3.05, 3.63) is 35.4 Å². The Balaban J connectivity index is 2.02. The van der Waals surface area contributed by atoms with Gasteiger partial charge in [0, 0.05) is 31.7 Å². The largest absolute Gasteiger partial charge is 0.311 e. The van der Waals surface area contributed by atoms with Crippen molar-refractivity contribution in [2.75, 3.05) is 13.1 Å². The van der Waals surface area contributed by atoms with Gasteiger partial charge in [0.05, 0.1) is 0 Å². The van der Waals surface area contributed by atoms with Crippen molar-refractivity contribution >= 4 is 0 Å². The highest BCUT2D eigenvalue weighted by Crippen LogP contribution is 2.18. The zero-order valence-electron chi connectivity index (χ0n) is 12.8. The summed E-state index contributed by atoms with van der Waals surface area (Å²) in [5.74, 6) is 0.622. The molecule has 0 spiro atoms. The van der Waals surface area contributed by atoms with Gasteiger partial charge in [0.2, 0.25) is 0 Å². The minimum absolute atomic E-state index is 0.609. The summed E-state index contributed by atoms with van der Waals surface area (Å²) in [5.41, 5.74) is 2.88. The summed E-state index contributed by atoms with van der Waals surface area (Å²) in [5, 5.41) is 3.58. The van der Waals surface area contributed by atoms with Crippen LogP contribution in [0.2, 0.25) is 0 Å². The molecule has 19 heavy (non-hydrogen) atoms. The number of nitrogens with one attached hydrogen (secondary N) is 1. The Morgan fingerprint density at radius 1 is 1.26 bits per heavy atom. The Morgan fingerprint density at radius 2 is 1.95 bits per heavy atom. The molecule has 1 aromatic carbocycles. The number of hydrogen-bond acceptors (Lipinski definition) is 2. The van der Waals surface area contributed by atoms with E-state index in [0.717, 1.165) is 19.6 Å². The fourth-order valence-corrected chi connectivity index (χ4v) is 2.87. The van der Waals surface area contributed by atoms with E-state index in [9.17, 15) is 0 Å². The van der Waals surface area contributed by atoms with Crippen LogP contribution in [0.25, 0.3) is 0 Å². The van der Waals surface area contributed by atoms with Gasteiger partial charge in [-0.05, 0) is 30.4 Å². The Labute approximate surface area is 118 Å². The molecule has 0 radical (unpaired) electrons. The molecule has 106 valence electrons. The monoisotopic (exact) mass is 260 g/mol. The molecule has 1 N–H and O–H groups in total. The van der Waals surface area contributed by atoms with E-state index in [1.165, 1.54) is 17.5 Å². The lowest BCUT2D eigenvalue weighted by Crippen LogP contribution is -2.54. The fourth-order valence-electron chi connectivity index (χ4n) is 2.87. The van der Waals surface area contributed by atoms with E-state index in [2.05, 4.69) is 62.2 Å². The van der Waals surface area contributed by atoms with Gasteiger partial charge in [-0.3, -0.25) is 4.90 Å². The number of nitrogens with zero attached hydrogens (tertiary/aromatic N) is 1. The number of rotatable bonds is 4. The van der Waals surface area contributed by atoms with Crippen molar-refractivity contribution in [2.24, 2.45) is 0 Å². The second-order valence-electron chi connectivity index (χ2n) is 6.20. The maximum Gasteiger partial charge on any atom is 0.0237 e. The van der Waals surface area contributed by atoms with Crippen LogP contribution in [0.15, 0.2) is 24.3 Å². The Morgan fingerprint density at radius 3 is 2.53 bits per heavy atom. The lowest BCUT2D eigenvalue weighted by atomic mass is 10.0. The predicted octanol–water partition coefficient (Wildman–Crippen LogP) is 3.38. The second kappa shape index (κ2) is 6.53. The van der Waals surface area contributed by atoms with Crippen LogP contribution < -0.4 is 5.32 Å². The van der Waals surface area contributed by atoms with Gasteiger partial charge in [-0.15, -0.1) is 0 Å². The maximum absolute atomic E-state index is 3.58. The van der Waals surface area contributed by atoms with Crippen LogP contribution in [0.1, 0.15) is 51.2 Å². The third-order valence-electron chi connectivity index (χ3n) is 4.23. The molecule has 2 nitrogen and oxygen atoms in total. The molecule has 2 heteroatoms. The third-order valence-corrected chi connectivity index (χ3v) is 4.23. The molecule has 0 aromatic heterocycles. The summed E-state index contributed by atoms with van der Waals surface area (Å²) < 4.78 is 0. The van der Waals surface area contributed by atoms with Crippen molar-refractivity contribution in [3.8, 4) is 0 Å². The molecule has 2 rings (SSSR count). The Bertz CT molecular complexity index is 383. The zero-order valence-corrected chi connectivity index (χ0v) is 12.8. The lowest BCUT2D eigenvalue weighted by molar-refractivity contribution is 0.124. The average Bonchev–Trinajstić information content (AvgIpc) is 2.39. The van der Waals surface area contributed by atoms with Gasteiger partial charge in [0.1, 0.15) is 0 Å². The van der Waals surface area contributed by atoms with E-state index in [1.54, 1.807) is 0 Å². The minimum atomic E-state index is 0.609. The smallest absolute Gasteiger partial charge is 0.0237 e. The summed E-state index contributed by atoms with van der Waals surface area (Å²) >= 11 is 0. The van der Waals surface area contributed by atoms with Crippen molar-refractivity contribution in [1.82, 2.24) is 10.2 Å². The first kappa shape index (κ1) is 14.5. The maximum atomic E-state index is 3.58. The van der Waals surface area contributed by atoms with Crippen molar-refractivity contribution in [3.63, 3.8) is 0 Å². The van der Waals surface area contributed by atoms with Gasteiger partial charge in [-0.25, -0.2) is 0 Å². The molecule has 0 amide bonds. The topological polar surface area (TPSA) is 15.3 Å². The van der Waals surface area contributed by atoms with Crippen molar-refractivity contribution in [2.45, 2.75) is 58.7 Å². The molecule has 2 atom stereocenters. The Hall–Kier alpha value is -0.860. The quantitative estimate of drug-likeness (QED) is 0.893. The molecule has 0 bridgehead atoms. The molecular formula is C17H28N2. The molecule has 2 unspecified atom stereocenters. The summed E-state index contributed by atoms with van der Waals surface area (Å²) in [6.07, 6.45) is 1.23. The molecule has 1 saturated heterocycles. The summed E-state index contributed by atoms with van der Waals surface area (Å²) in [6.45, 7) is 12.4. The van der Waals surface area contributed by atoms with Crippen LogP contribution in [-0.2, 0) is 6.54 Å². The lowest BCUT2D eigenvalue weighted by Gasteiger charge is -2.39. The summed E-state index contributed by atoms with van der Waals surface area (Å²) in [6, 6.07) is 10.5. The van der Waals surface area contributed by atoms with Crippen LogP contribution in [0, 0.1) is 0 Å². The molecule has 0 saturated carbocycles. The van der Waals surface area contributed by atoms with Gasteiger partial charge in [0.25, 0.3) is 0 Å². The molecule has 1 aliphatic heterocycles. The van der Waals surface area contributed by atoms with E-state index in [1.807, 2.05) is 0 Å². The molecular weight excluding hydrogens is 232 g/mol. The number of benzene rings is 1. The van der Waals surface area contributed by atoms with Gasteiger partial charge in [-0.1, -0.05) is 45.0 Å². The number of hydrogen-bond donors (Lipinski definition) is 1. The van der Waals surface area contributed by atoms with Crippen molar-refractivity contribution < 1.29 is 0 Å². The van der Waals surface area contributed by atoms with E-state index in [4.69, 9.17) is 0 Å². The van der Waals surface area contributed by atoms with Crippen LogP contribution in [0.3, 0.4) is 0 Å².